The summed E-state index contributed by atoms with van der Waals surface area (Å²) in [4.78, 5) is 23.3. The number of rotatable bonds is 2. The predicted molar refractivity (Wildman–Crippen MR) is 101 cm³/mol. The van der Waals surface area contributed by atoms with Gasteiger partial charge in [0.1, 0.15) is 5.69 Å². The van der Waals surface area contributed by atoms with Gasteiger partial charge in [0.05, 0.1) is 6.20 Å². The van der Waals surface area contributed by atoms with Crippen LogP contribution in [0.2, 0.25) is 0 Å². The number of nitrogens with zero attached hydrogens (tertiary/aromatic N) is 3. The van der Waals surface area contributed by atoms with Crippen molar-refractivity contribution in [2.24, 2.45) is 0 Å². The van der Waals surface area contributed by atoms with Gasteiger partial charge in [0.2, 0.25) is 0 Å². The SMILES string of the molecule is CC1C(c2ccccc2)c2ccccc2CCN1C(=O)c1cnccn1. The van der Waals surface area contributed by atoms with Crippen LogP contribution in [-0.4, -0.2) is 33.4 Å². The Hall–Kier alpha value is -3.01. The Morgan fingerprint density at radius 3 is 2.58 bits per heavy atom. The maximum atomic E-state index is 13.1. The third kappa shape index (κ3) is 2.99. The molecule has 4 heteroatoms. The van der Waals surface area contributed by atoms with Gasteiger partial charge in [0.15, 0.2) is 0 Å². The zero-order valence-corrected chi connectivity index (χ0v) is 14.7. The fourth-order valence-corrected chi connectivity index (χ4v) is 3.91. The van der Waals surface area contributed by atoms with E-state index >= 15 is 0 Å². The van der Waals surface area contributed by atoms with Gasteiger partial charge in [-0.1, -0.05) is 54.6 Å². The maximum Gasteiger partial charge on any atom is 0.274 e. The maximum absolute atomic E-state index is 13.1. The summed E-state index contributed by atoms with van der Waals surface area (Å²) in [6.45, 7) is 2.81. The van der Waals surface area contributed by atoms with Crippen molar-refractivity contribution in [1.29, 1.82) is 0 Å². The van der Waals surface area contributed by atoms with E-state index in [9.17, 15) is 4.79 Å². The molecule has 3 aromatic rings. The topological polar surface area (TPSA) is 46.1 Å². The van der Waals surface area contributed by atoms with Gasteiger partial charge in [-0.05, 0) is 30.0 Å². The van der Waals surface area contributed by atoms with Crippen molar-refractivity contribution in [2.45, 2.75) is 25.3 Å². The van der Waals surface area contributed by atoms with Gasteiger partial charge in [-0.3, -0.25) is 9.78 Å². The lowest BCUT2D eigenvalue weighted by atomic mass is 9.83. The molecule has 130 valence electrons. The van der Waals surface area contributed by atoms with E-state index in [1.165, 1.54) is 16.7 Å². The molecule has 1 aliphatic heterocycles. The molecule has 0 N–H and O–H groups in total. The van der Waals surface area contributed by atoms with E-state index in [2.05, 4.69) is 65.4 Å². The van der Waals surface area contributed by atoms with Crippen molar-refractivity contribution >= 4 is 5.91 Å². The fraction of sp³-hybridized carbons (Fsp3) is 0.227. The molecule has 1 aromatic heterocycles. The third-order valence-electron chi connectivity index (χ3n) is 5.19. The first-order valence-corrected chi connectivity index (χ1v) is 8.95. The fourth-order valence-electron chi connectivity index (χ4n) is 3.91. The van der Waals surface area contributed by atoms with Crippen molar-refractivity contribution in [2.75, 3.05) is 6.54 Å². The van der Waals surface area contributed by atoms with E-state index in [1.54, 1.807) is 18.6 Å². The summed E-state index contributed by atoms with van der Waals surface area (Å²) in [6.07, 6.45) is 5.55. The summed E-state index contributed by atoms with van der Waals surface area (Å²) in [6, 6.07) is 19.0. The Balaban J connectivity index is 1.78. The number of amides is 1. The Morgan fingerprint density at radius 1 is 1.04 bits per heavy atom. The molecule has 2 aromatic carbocycles. The van der Waals surface area contributed by atoms with E-state index < -0.39 is 0 Å². The Morgan fingerprint density at radius 2 is 1.81 bits per heavy atom. The zero-order chi connectivity index (χ0) is 17.9. The summed E-state index contributed by atoms with van der Waals surface area (Å²) in [5.41, 5.74) is 4.24. The summed E-state index contributed by atoms with van der Waals surface area (Å²) in [7, 11) is 0. The molecule has 1 aliphatic rings. The van der Waals surface area contributed by atoms with E-state index in [-0.39, 0.29) is 17.9 Å². The zero-order valence-electron chi connectivity index (χ0n) is 14.7. The van der Waals surface area contributed by atoms with Crippen LogP contribution in [0.1, 0.15) is 40.0 Å². The molecule has 0 bridgehead atoms. The average molecular weight is 343 g/mol. The highest BCUT2D eigenvalue weighted by atomic mass is 16.2. The number of aromatic nitrogens is 2. The molecule has 1 amide bonds. The Kier molecular flexibility index (Phi) is 4.48. The molecule has 0 saturated heterocycles. The number of benzene rings is 2. The minimum atomic E-state index is -0.0562. The van der Waals surface area contributed by atoms with Crippen LogP contribution >= 0.6 is 0 Å². The van der Waals surface area contributed by atoms with Gasteiger partial charge in [0, 0.05) is 30.9 Å². The molecule has 0 fully saturated rings. The van der Waals surface area contributed by atoms with Crippen molar-refractivity contribution in [3.05, 3.63) is 95.6 Å². The lowest BCUT2D eigenvalue weighted by molar-refractivity contribution is 0.0681. The van der Waals surface area contributed by atoms with Crippen LogP contribution in [0.4, 0.5) is 0 Å². The number of hydrogen-bond acceptors (Lipinski definition) is 3. The van der Waals surface area contributed by atoms with E-state index in [0.29, 0.717) is 12.2 Å². The van der Waals surface area contributed by atoms with Crippen molar-refractivity contribution < 1.29 is 4.79 Å². The molecule has 0 spiro atoms. The third-order valence-corrected chi connectivity index (χ3v) is 5.19. The van der Waals surface area contributed by atoms with E-state index in [0.717, 1.165) is 6.42 Å². The first-order valence-electron chi connectivity index (χ1n) is 8.95. The van der Waals surface area contributed by atoms with Crippen LogP contribution in [-0.2, 0) is 6.42 Å². The minimum absolute atomic E-state index is 0.0237. The normalized spacial score (nSPS) is 19.5. The summed E-state index contributed by atoms with van der Waals surface area (Å²) < 4.78 is 0. The molecule has 2 unspecified atom stereocenters. The standard InChI is InChI=1S/C22H21N3O/c1-16-21(18-8-3-2-4-9-18)19-10-6-5-7-17(19)11-14-25(16)22(26)20-15-23-12-13-24-20/h2-10,12-13,15-16,21H,11,14H2,1H3. The highest BCUT2D eigenvalue weighted by Gasteiger charge is 2.34. The van der Waals surface area contributed by atoms with Gasteiger partial charge in [-0.25, -0.2) is 4.98 Å². The van der Waals surface area contributed by atoms with E-state index in [4.69, 9.17) is 0 Å². The van der Waals surface area contributed by atoms with E-state index in [1.807, 2.05) is 11.0 Å². The second-order valence-electron chi connectivity index (χ2n) is 6.67. The van der Waals surface area contributed by atoms with Gasteiger partial charge >= 0.3 is 0 Å². The van der Waals surface area contributed by atoms with Crippen molar-refractivity contribution in [1.82, 2.24) is 14.9 Å². The van der Waals surface area contributed by atoms with Gasteiger partial charge in [-0.15, -0.1) is 0 Å². The second kappa shape index (κ2) is 7.08. The monoisotopic (exact) mass is 343 g/mol. The molecule has 0 aliphatic carbocycles. The van der Waals surface area contributed by atoms with Crippen LogP contribution < -0.4 is 0 Å². The van der Waals surface area contributed by atoms with Crippen LogP contribution in [0.15, 0.2) is 73.2 Å². The Bertz CT molecular complexity index is 896. The van der Waals surface area contributed by atoms with Crippen LogP contribution in [0.5, 0.6) is 0 Å². The molecule has 4 rings (SSSR count). The van der Waals surface area contributed by atoms with Crippen molar-refractivity contribution in [3.8, 4) is 0 Å². The van der Waals surface area contributed by atoms with Gasteiger partial charge in [-0.2, -0.15) is 0 Å². The highest BCUT2D eigenvalue weighted by Crippen LogP contribution is 2.36. The summed E-state index contributed by atoms with van der Waals surface area (Å²) in [5, 5.41) is 0. The largest absolute Gasteiger partial charge is 0.333 e. The second-order valence-corrected chi connectivity index (χ2v) is 6.67. The average Bonchev–Trinajstić information content (AvgIpc) is 2.85. The van der Waals surface area contributed by atoms with Crippen LogP contribution in [0.3, 0.4) is 0 Å². The minimum Gasteiger partial charge on any atom is -0.333 e. The highest BCUT2D eigenvalue weighted by molar-refractivity contribution is 5.92. The summed E-state index contributed by atoms with van der Waals surface area (Å²) >= 11 is 0. The van der Waals surface area contributed by atoms with Gasteiger partial charge in [0.25, 0.3) is 5.91 Å². The quantitative estimate of drug-likeness (QED) is 0.713. The lowest BCUT2D eigenvalue weighted by Gasteiger charge is -2.33. The summed E-state index contributed by atoms with van der Waals surface area (Å²) in [5.74, 6) is 0.0786. The number of carbonyl (C=O) groups excluding carboxylic acids is 1. The number of fused-ring (bicyclic) bond motifs is 1. The molecule has 4 nitrogen and oxygen atoms in total. The first kappa shape index (κ1) is 16.5. The molecule has 26 heavy (non-hydrogen) atoms. The molecule has 0 saturated carbocycles. The number of carbonyl (C=O) groups is 1. The van der Waals surface area contributed by atoms with Crippen molar-refractivity contribution in [3.63, 3.8) is 0 Å². The Labute approximate surface area is 153 Å². The predicted octanol–water partition coefficient (Wildman–Crippen LogP) is 3.70. The number of hydrogen-bond donors (Lipinski definition) is 0. The lowest BCUT2D eigenvalue weighted by Crippen LogP contribution is -2.42. The van der Waals surface area contributed by atoms with Gasteiger partial charge < -0.3 is 4.90 Å². The van der Waals surface area contributed by atoms with Crippen LogP contribution in [0, 0.1) is 0 Å². The molecular formula is C22H21N3O. The molecule has 2 atom stereocenters. The molecule has 2 heterocycles. The smallest absolute Gasteiger partial charge is 0.274 e. The molecule has 0 radical (unpaired) electrons. The molecular weight excluding hydrogens is 322 g/mol. The van der Waals surface area contributed by atoms with Crippen LogP contribution in [0.25, 0.3) is 0 Å². The first-order chi connectivity index (χ1) is 12.8.